The molecule has 0 spiro atoms. The number of hydrogen-bond acceptors (Lipinski definition) is 4. The van der Waals surface area contributed by atoms with Crippen molar-refractivity contribution in [2.45, 2.75) is 31.6 Å². The van der Waals surface area contributed by atoms with E-state index in [9.17, 15) is 10.1 Å². The van der Waals surface area contributed by atoms with E-state index in [1.807, 2.05) is 31.2 Å². The van der Waals surface area contributed by atoms with Crippen LogP contribution in [0.4, 0.5) is 0 Å². The van der Waals surface area contributed by atoms with Crippen LogP contribution in [-0.4, -0.2) is 5.78 Å². The topological polar surface area (TPSA) is 76.1 Å². The molecule has 2 N–H and O–H groups in total. The molecule has 1 heterocycles. The first-order valence-electron chi connectivity index (χ1n) is 9.24. The number of nitrogens with zero attached hydrogens (tertiary/aromatic N) is 1. The third-order valence-corrected chi connectivity index (χ3v) is 6.23. The second-order valence-electron chi connectivity index (χ2n) is 7.37. The molecule has 146 valence electrons. The monoisotopic (exact) mass is 424 g/mol. The zero-order valence-electron chi connectivity index (χ0n) is 15.7. The molecule has 0 saturated carbocycles. The Balaban J connectivity index is 1.79. The van der Waals surface area contributed by atoms with Crippen molar-refractivity contribution >= 4 is 29.0 Å². The van der Waals surface area contributed by atoms with Gasteiger partial charge in [0.1, 0.15) is 17.4 Å². The van der Waals surface area contributed by atoms with Gasteiger partial charge in [-0.05, 0) is 36.1 Å². The molecule has 2 aliphatic rings. The van der Waals surface area contributed by atoms with Gasteiger partial charge >= 0.3 is 0 Å². The van der Waals surface area contributed by atoms with Gasteiger partial charge in [0.05, 0.1) is 16.0 Å². The minimum Gasteiger partial charge on any atom is -0.444 e. The lowest BCUT2D eigenvalue weighted by atomic mass is 9.73. The van der Waals surface area contributed by atoms with E-state index in [4.69, 9.17) is 33.7 Å². The Labute approximate surface area is 179 Å². The molecule has 0 bridgehead atoms. The molecule has 0 saturated heterocycles. The van der Waals surface area contributed by atoms with Gasteiger partial charge in [-0.2, -0.15) is 5.26 Å². The van der Waals surface area contributed by atoms with E-state index < -0.39 is 5.92 Å². The maximum atomic E-state index is 13.2. The zero-order valence-corrected chi connectivity index (χ0v) is 17.2. The van der Waals surface area contributed by atoms with Crippen molar-refractivity contribution in [3.63, 3.8) is 0 Å². The number of rotatable bonds is 2. The molecular formula is C23H18Cl2N2O2. The largest absolute Gasteiger partial charge is 0.444 e. The first-order valence-corrected chi connectivity index (χ1v) is 10.00. The molecule has 1 aliphatic heterocycles. The van der Waals surface area contributed by atoms with Crippen LogP contribution in [0.5, 0.6) is 0 Å². The average molecular weight is 425 g/mol. The highest BCUT2D eigenvalue weighted by Gasteiger charge is 2.41. The predicted octanol–water partition coefficient (Wildman–Crippen LogP) is 5.51. The number of allylic oxidation sites excluding steroid dienone is 3. The minimum atomic E-state index is -0.606. The first kappa shape index (κ1) is 19.6. The van der Waals surface area contributed by atoms with Gasteiger partial charge < -0.3 is 10.5 Å². The number of nitriles is 1. The maximum absolute atomic E-state index is 13.2. The molecule has 4 nitrogen and oxygen atoms in total. The van der Waals surface area contributed by atoms with Crippen molar-refractivity contribution in [2.24, 2.45) is 5.73 Å². The van der Waals surface area contributed by atoms with Crippen molar-refractivity contribution in [3.05, 3.63) is 92.0 Å². The molecule has 0 unspecified atom stereocenters. The summed E-state index contributed by atoms with van der Waals surface area (Å²) in [6.45, 7) is 2.03. The Bertz CT molecular complexity index is 1110. The fraction of sp³-hybridized carbons (Fsp3) is 0.217. The summed E-state index contributed by atoms with van der Waals surface area (Å²) in [5.41, 5.74) is 9.70. The highest BCUT2D eigenvalue weighted by molar-refractivity contribution is 6.42. The van der Waals surface area contributed by atoms with Crippen LogP contribution >= 0.6 is 23.2 Å². The van der Waals surface area contributed by atoms with Crippen LogP contribution in [0.25, 0.3) is 0 Å². The molecule has 2 aromatic rings. The number of nitrogens with two attached hydrogens (primary N) is 1. The second kappa shape index (κ2) is 7.59. The number of hydrogen-bond donors (Lipinski definition) is 1. The molecule has 0 fully saturated rings. The van der Waals surface area contributed by atoms with Gasteiger partial charge in [0.15, 0.2) is 5.78 Å². The Hall–Kier alpha value is -2.74. The quantitative estimate of drug-likeness (QED) is 0.689. The van der Waals surface area contributed by atoms with Gasteiger partial charge in [-0.25, -0.2) is 0 Å². The number of carbonyl (C=O) groups excluding carboxylic acids is 1. The Morgan fingerprint density at radius 1 is 1.07 bits per heavy atom. The average Bonchev–Trinajstić information content (AvgIpc) is 2.69. The lowest BCUT2D eigenvalue weighted by molar-refractivity contribution is -0.117. The number of Topliss-reactive ketones (excluding diaryl/α,β-unsaturated/α-hetero) is 1. The molecule has 6 heteroatoms. The van der Waals surface area contributed by atoms with E-state index in [0.717, 1.165) is 11.1 Å². The number of halogens is 2. The third-order valence-electron chi connectivity index (χ3n) is 5.49. The van der Waals surface area contributed by atoms with E-state index in [-0.39, 0.29) is 23.2 Å². The molecule has 0 aromatic heterocycles. The molecule has 29 heavy (non-hydrogen) atoms. The molecule has 0 amide bonds. The molecular weight excluding hydrogens is 407 g/mol. The van der Waals surface area contributed by atoms with E-state index in [1.54, 1.807) is 18.2 Å². The molecule has 2 atom stereocenters. The van der Waals surface area contributed by atoms with Gasteiger partial charge in [0, 0.05) is 18.4 Å². The van der Waals surface area contributed by atoms with E-state index >= 15 is 0 Å². The van der Waals surface area contributed by atoms with Gasteiger partial charge in [-0.3, -0.25) is 4.79 Å². The predicted molar refractivity (Wildman–Crippen MR) is 112 cm³/mol. The molecule has 2 aromatic carbocycles. The van der Waals surface area contributed by atoms with Crippen molar-refractivity contribution in [3.8, 4) is 6.07 Å². The zero-order chi connectivity index (χ0) is 20.7. The number of carbonyl (C=O) groups is 1. The van der Waals surface area contributed by atoms with Crippen LogP contribution < -0.4 is 5.73 Å². The number of aryl methyl sites for hydroxylation is 1. The minimum absolute atomic E-state index is 0.00717. The van der Waals surface area contributed by atoms with Crippen molar-refractivity contribution in [1.82, 2.24) is 0 Å². The highest BCUT2D eigenvalue weighted by Crippen LogP contribution is 2.47. The summed E-state index contributed by atoms with van der Waals surface area (Å²) in [6.07, 6.45) is 0.892. The Kier molecular flexibility index (Phi) is 5.12. The third kappa shape index (κ3) is 3.53. The molecule has 4 rings (SSSR count). The fourth-order valence-electron chi connectivity index (χ4n) is 4.01. The Morgan fingerprint density at radius 3 is 2.41 bits per heavy atom. The van der Waals surface area contributed by atoms with Gasteiger partial charge in [0.2, 0.25) is 5.88 Å². The summed E-state index contributed by atoms with van der Waals surface area (Å²) >= 11 is 12.2. The van der Waals surface area contributed by atoms with Gasteiger partial charge in [0.25, 0.3) is 0 Å². The summed E-state index contributed by atoms with van der Waals surface area (Å²) in [7, 11) is 0. The summed E-state index contributed by atoms with van der Waals surface area (Å²) in [5.74, 6) is -0.0926. The number of ether oxygens (including phenoxy) is 1. The maximum Gasteiger partial charge on any atom is 0.205 e. The Morgan fingerprint density at radius 2 is 1.76 bits per heavy atom. The lowest BCUT2D eigenvalue weighted by Crippen LogP contribution is -2.29. The van der Waals surface area contributed by atoms with Crippen molar-refractivity contribution in [2.75, 3.05) is 0 Å². The highest BCUT2D eigenvalue weighted by atomic mass is 35.5. The van der Waals surface area contributed by atoms with Crippen LogP contribution in [0.2, 0.25) is 10.0 Å². The van der Waals surface area contributed by atoms with Gasteiger partial charge in [-0.1, -0.05) is 59.1 Å². The van der Waals surface area contributed by atoms with Crippen LogP contribution in [-0.2, 0) is 9.53 Å². The summed E-state index contributed by atoms with van der Waals surface area (Å²) in [6, 6.07) is 15.3. The fourth-order valence-corrected chi connectivity index (χ4v) is 4.31. The van der Waals surface area contributed by atoms with Gasteiger partial charge in [-0.15, -0.1) is 0 Å². The van der Waals surface area contributed by atoms with Crippen molar-refractivity contribution < 1.29 is 9.53 Å². The van der Waals surface area contributed by atoms with Crippen LogP contribution in [0.3, 0.4) is 0 Å². The summed E-state index contributed by atoms with van der Waals surface area (Å²) in [4.78, 5) is 13.2. The van der Waals surface area contributed by atoms with Crippen LogP contribution in [0, 0.1) is 18.3 Å². The van der Waals surface area contributed by atoms with Crippen molar-refractivity contribution in [1.29, 1.82) is 5.26 Å². The smallest absolute Gasteiger partial charge is 0.205 e. The normalized spacial score (nSPS) is 21.5. The number of benzene rings is 2. The van der Waals surface area contributed by atoms with Crippen LogP contribution in [0.15, 0.2) is 65.3 Å². The van der Waals surface area contributed by atoms with E-state index in [2.05, 4.69) is 6.07 Å². The summed E-state index contributed by atoms with van der Waals surface area (Å²) in [5, 5.41) is 10.4. The molecule has 0 radical (unpaired) electrons. The lowest BCUT2D eigenvalue weighted by Gasteiger charge is -2.34. The second-order valence-corrected chi connectivity index (χ2v) is 8.19. The standard InChI is InChI=1S/C23H18Cl2N2O2/c1-12-2-4-13(5-3-12)15-9-19(28)22-20(10-15)29-23(27)16(11-26)21(22)14-6-7-17(24)18(25)8-14/h2-8,15,21H,9-10,27H2,1H3/t15-,21-/m1/s1. The van der Waals surface area contributed by atoms with E-state index in [1.165, 1.54) is 0 Å². The summed E-state index contributed by atoms with van der Waals surface area (Å²) < 4.78 is 5.78. The molecule has 1 aliphatic carbocycles. The SMILES string of the molecule is Cc1ccc([C@@H]2CC(=O)C3=C(C2)OC(N)=C(C#N)[C@H]3c2ccc(Cl)c(Cl)c2)cc1. The number of ketones is 1. The van der Waals surface area contributed by atoms with E-state index in [0.29, 0.717) is 39.8 Å². The first-order chi connectivity index (χ1) is 13.9. The van der Waals surface area contributed by atoms with Crippen LogP contribution in [0.1, 0.15) is 41.4 Å².